The molecule has 0 aromatic heterocycles. The van der Waals surface area contributed by atoms with E-state index in [2.05, 4.69) is 0 Å². The molecule has 0 aliphatic heterocycles. The van der Waals surface area contributed by atoms with Crippen LogP contribution in [0.5, 0.6) is 0 Å². The number of halogens is 2. The van der Waals surface area contributed by atoms with Crippen molar-refractivity contribution in [2.75, 3.05) is 19.7 Å². The molecular weight excluding hydrogens is 245 g/mol. The van der Waals surface area contributed by atoms with E-state index >= 15 is 0 Å². The summed E-state index contributed by atoms with van der Waals surface area (Å²) in [5.41, 5.74) is 0.332. The highest BCUT2D eigenvalue weighted by atomic mass is 35.5. The van der Waals surface area contributed by atoms with Gasteiger partial charge >= 0.3 is 0 Å². The van der Waals surface area contributed by atoms with E-state index in [0.717, 1.165) is 6.42 Å². The second kappa shape index (κ2) is 6.57. The molecule has 5 heteroatoms. The summed E-state index contributed by atoms with van der Waals surface area (Å²) < 4.78 is 13.0. The molecule has 0 bridgehead atoms. The van der Waals surface area contributed by atoms with E-state index in [-0.39, 0.29) is 24.1 Å². The van der Waals surface area contributed by atoms with Gasteiger partial charge in [0.15, 0.2) is 0 Å². The van der Waals surface area contributed by atoms with Gasteiger partial charge in [0.25, 0.3) is 5.91 Å². The normalized spacial score (nSPS) is 10.4. The molecule has 0 radical (unpaired) electrons. The van der Waals surface area contributed by atoms with Crippen molar-refractivity contribution in [1.29, 1.82) is 0 Å². The predicted molar refractivity (Wildman–Crippen MR) is 64.7 cm³/mol. The van der Waals surface area contributed by atoms with Crippen LogP contribution < -0.4 is 0 Å². The van der Waals surface area contributed by atoms with Crippen molar-refractivity contribution in [3.05, 3.63) is 34.6 Å². The number of benzene rings is 1. The zero-order valence-corrected chi connectivity index (χ0v) is 10.4. The van der Waals surface area contributed by atoms with Crippen LogP contribution in [0, 0.1) is 5.82 Å². The Bertz CT molecular complexity index is 392. The fraction of sp³-hybridized carbons (Fsp3) is 0.417. The highest BCUT2D eigenvalue weighted by molar-refractivity contribution is 6.31. The molecule has 1 amide bonds. The SMILES string of the molecule is CCCN(CCO)C(=O)c1ccc(F)c(Cl)c1. The van der Waals surface area contributed by atoms with Crippen LogP contribution >= 0.6 is 11.6 Å². The Kier molecular flexibility index (Phi) is 5.38. The average Bonchev–Trinajstić information content (AvgIpc) is 2.31. The van der Waals surface area contributed by atoms with E-state index < -0.39 is 5.82 Å². The van der Waals surface area contributed by atoms with Crippen LogP contribution in [-0.4, -0.2) is 35.6 Å². The zero-order valence-electron chi connectivity index (χ0n) is 9.62. The van der Waals surface area contributed by atoms with Gasteiger partial charge in [0.1, 0.15) is 5.82 Å². The second-order valence-electron chi connectivity index (χ2n) is 3.64. The number of carbonyl (C=O) groups is 1. The Hall–Kier alpha value is -1.13. The third-order valence-corrected chi connectivity index (χ3v) is 2.61. The Labute approximate surface area is 105 Å². The van der Waals surface area contributed by atoms with Crippen LogP contribution in [0.1, 0.15) is 23.7 Å². The zero-order chi connectivity index (χ0) is 12.8. The van der Waals surface area contributed by atoms with E-state index in [1.165, 1.54) is 23.1 Å². The lowest BCUT2D eigenvalue weighted by atomic mass is 10.2. The number of aliphatic hydroxyl groups excluding tert-OH is 1. The summed E-state index contributed by atoms with van der Waals surface area (Å²) in [7, 11) is 0. The van der Waals surface area contributed by atoms with Crippen LogP contribution in [0.4, 0.5) is 4.39 Å². The van der Waals surface area contributed by atoms with Crippen LogP contribution in [0.25, 0.3) is 0 Å². The number of hydrogen-bond donors (Lipinski definition) is 1. The Morgan fingerprint density at radius 2 is 2.18 bits per heavy atom. The largest absolute Gasteiger partial charge is 0.395 e. The van der Waals surface area contributed by atoms with Crippen LogP contribution in [0.3, 0.4) is 0 Å². The Morgan fingerprint density at radius 1 is 1.47 bits per heavy atom. The van der Waals surface area contributed by atoms with E-state index in [4.69, 9.17) is 16.7 Å². The molecule has 0 spiro atoms. The molecule has 1 rings (SSSR count). The molecule has 0 unspecified atom stereocenters. The lowest BCUT2D eigenvalue weighted by molar-refractivity contribution is 0.0722. The first-order valence-corrected chi connectivity index (χ1v) is 5.83. The summed E-state index contributed by atoms with van der Waals surface area (Å²) in [6, 6.07) is 3.86. The molecule has 0 heterocycles. The molecule has 0 saturated carbocycles. The second-order valence-corrected chi connectivity index (χ2v) is 4.05. The minimum Gasteiger partial charge on any atom is -0.395 e. The van der Waals surface area contributed by atoms with E-state index in [0.29, 0.717) is 12.1 Å². The molecule has 0 aliphatic carbocycles. The van der Waals surface area contributed by atoms with Crippen molar-refractivity contribution in [2.24, 2.45) is 0 Å². The van der Waals surface area contributed by atoms with Gasteiger partial charge in [-0.15, -0.1) is 0 Å². The standard InChI is InChI=1S/C12H15ClFNO2/c1-2-5-15(6-7-16)12(17)9-3-4-11(14)10(13)8-9/h3-4,8,16H,2,5-7H2,1H3. The molecule has 1 aromatic rings. The maximum absolute atomic E-state index is 13.0. The first-order chi connectivity index (χ1) is 8.10. The van der Waals surface area contributed by atoms with Gasteiger partial charge < -0.3 is 10.0 Å². The van der Waals surface area contributed by atoms with Crippen molar-refractivity contribution in [2.45, 2.75) is 13.3 Å². The Balaban J connectivity index is 2.88. The van der Waals surface area contributed by atoms with Crippen LogP contribution in [-0.2, 0) is 0 Å². The van der Waals surface area contributed by atoms with E-state index in [1.807, 2.05) is 6.92 Å². The lowest BCUT2D eigenvalue weighted by Crippen LogP contribution is -2.34. The molecular formula is C12H15ClFNO2. The van der Waals surface area contributed by atoms with Gasteiger partial charge in [0, 0.05) is 18.7 Å². The van der Waals surface area contributed by atoms with Gasteiger partial charge in [-0.05, 0) is 24.6 Å². The van der Waals surface area contributed by atoms with Gasteiger partial charge in [-0.2, -0.15) is 0 Å². The number of hydrogen-bond acceptors (Lipinski definition) is 2. The van der Waals surface area contributed by atoms with Gasteiger partial charge in [-0.3, -0.25) is 4.79 Å². The first-order valence-electron chi connectivity index (χ1n) is 5.45. The number of aliphatic hydroxyl groups is 1. The molecule has 0 fully saturated rings. The lowest BCUT2D eigenvalue weighted by Gasteiger charge is -2.21. The van der Waals surface area contributed by atoms with Crippen molar-refractivity contribution < 1.29 is 14.3 Å². The van der Waals surface area contributed by atoms with Crippen molar-refractivity contribution >= 4 is 17.5 Å². The first kappa shape index (κ1) is 13.9. The average molecular weight is 260 g/mol. The van der Waals surface area contributed by atoms with E-state index in [9.17, 15) is 9.18 Å². The fourth-order valence-electron chi connectivity index (χ4n) is 1.52. The molecule has 17 heavy (non-hydrogen) atoms. The summed E-state index contributed by atoms with van der Waals surface area (Å²) in [6.07, 6.45) is 0.792. The number of nitrogens with zero attached hydrogens (tertiary/aromatic N) is 1. The molecule has 94 valence electrons. The number of carbonyl (C=O) groups excluding carboxylic acids is 1. The van der Waals surface area contributed by atoms with Gasteiger partial charge in [0.05, 0.1) is 11.6 Å². The highest BCUT2D eigenvalue weighted by Crippen LogP contribution is 2.17. The minimum absolute atomic E-state index is 0.0729. The van der Waals surface area contributed by atoms with Crippen LogP contribution in [0.2, 0.25) is 5.02 Å². The van der Waals surface area contributed by atoms with Crippen molar-refractivity contribution in [3.8, 4) is 0 Å². The Morgan fingerprint density at radius 3 is 2.71 bits per heavy atom. The van der Waals surface area contributed by atoms with Gasteiger partial charge in [-0.25, -0.2) is 4.39 Å². The van der Waals surface area contributed by atoms with Crippen molar-refractivity contribution in [3.63, 3.8) is 0 Å². The summed E-state index contributed by atoms with van der Waals surface area (Å²) in [4.78, 5) is 13.5. The third-order valence-electron chi connectivity index (χ3n) is 2.32. The monoisotopic (exact) mass is 259 g/mol. The summed E-state index contributed by atoms with van der Waals surface area (Å²) in [5, 5.41) is 8.80. The molecule has 0 atom stereocenters. The maximum atomic E-state index is 13.0. The van der Waals surface area contributed by atoms with Gasteiger partial charge in [-0.1, -0.05) is 18.5 Å². The molecule has 0 saturated heterocycles. The number of amides is 1. The molecule has 3 nitrogen and oxygen atoms in total. The highest BCUT2D eigenvalue weighted by Gasteiger charge is 2.15. The predicted octanol–water partition coefficient (Wildman–Crippen LogP) is 2.32. The quantitative estimate of drug-likeness (QED) is 0.882. The topological polar surface area (TPSA) is 40.5 Å². The van der Waals surface area contributed by atoms with Gasteiger partial charge in [0.2, 0.25) is 0 Å². The van der Waals surface area contributed by atoms with E-state index in [1.54, 1.807) is 0 Å². The molecule has 0 aliphatic rings. The molecule has 1 N–H and O–H groups in total. The fourth-order valence-corrected chi connectivity index (χ4v) is 1.70. The van der Waals surface area contributed by atoms with Crippen LogP contribution in [0.15, 0.2) is 18.2 Å². The maximum Gasteiger partial charge on any atom is 0.253 e. The summed E-state index contributed by atoms with van der Waals surface area (Å²) in [5.74, 6) is -0.796. The summed E-state index contributed by atoms with van der Waals surface area (Å²) >= 11 is 5.62. The third kappa shape index (κ3) is 3.68. The van der Waals surface area contributed by atoms with Crippen molar-refractivity contribution in [1.82, 2.24) is 4.90 Å². The smallest absolute Gasteiger partial charge is 0.253 e. The number of rotatable bonds is 5. The molecule has 1 aromatic carbocycles. The summed E-state index contributed by atoms with van der Waals surface area (Å²) in [6.45, 7) is 2.66. The minimum atomic E-state index is -0.549.